The van der Waals surface area contributed by atoms with Crippen LogP contribution in [0.5, 0.6) is 0 Å². The van der Waals surface area contributed by atoms with Crippen molar-refractivity contribution >= 4 is 30.5 Å². The highest BCUT2D eigenvalue weighted by atomic mass is 16.4. The number of hydrogen-bond acceptors (Lipinski definition) is 5. The standard InChI is InChI=1S/C9H13N3O10/c13-5(14)10(1-3-11(6(15)16)7(17)18)2-4-12(8(19)20)9(21)22/h1-4H2,(H,13,14)(H,15,16)(H,17,18)(H,19,20)(H,21,22). The molecule has 0 aromatic rings. The van der Waals surface area contributed by atoms with Crippen LogP contribution in [-0.4, -0.2) is 96.9 Å². The number of imide groups is 2. The van der Waals surface area contributed by atoms with Gasteiger partial charge in [-0.05, 0) is 0 Å². The Morgan fingerprint density at radius 3 is 0.955 bits per heavy atom. The Kier molecular flexibility index (Phi) is 6.93. The fraction of sp³-hybridized carbons (Fsp3) is 0.444. The van der Waals surface area contributed by atoms with Crippen LogP contribution in [0.2, 0.25) is 0 Å². The molecule has 0 aromatic carbocycles. The quantitative estimate of drug-likeness (QED) is 0.452. The van der Waals surface area contributed by atoms with Gasteiger partial charge >= 0.3 is 30.5 Å². The molecular weight excluding hydrogens is 310 g/mol. The first-order valence-corrected chi connectivity index (χ1v) is 5.52. The van der Waals surface area contributed by atoms with Gasteiger partial charge in [0.15, 0.2) is 0 Å². The zero-order valence-corrected chi connectivity index (χ0v) is 10.9. The number of carboxylic acid groups (broad SMARTS) is 5. The summed E-state index contributed by atoms with van der Waals surface area (Å²) in [6.45, 7) is -2.59. The van der Waals surface area contributed by atoms with Gasteiger partial charge in [0, 0.05) is 13.1 Å². The summed E-state index contributed by atoms with van der Waals surface area (Å²) in [4.78, 5) is 53.6. The Balaban J connectivity index is 4.71. The van der Waals surface area contributed by atoms with E-state index in [1.807, 2.05) is 0 Å². The van der Waals surface area contributed by atoms with E-state index >= 15 is 0 Å². The number of nitrogens with zero attached hydrogens (tertiary/aromatic N) is 3. The van der Waals surface area contributed by atoms with Gasteiger partial charge in [-0.15, -0.1) is 0 Å². The molecule has 124 valence electrons. The van der Waals surface area contributed by atoms with Crippen LogP contribution >= 0.6 is 0 Å². The van der Waals surface area contributed by atoms with Gasteiger partial charge in [0.1, 0.15) is 0 Å². The summed E-state index contributed by atoms with van der Waals surface area (Å²) in [6.07, 6.45) is -8.83. The molecule has 0 fully saturated rings. The van der Waals surface area contributed by atoms with Gasteiger partial charge in [-0.25, -0.2) is 33.8 Å². The van der Waals surface area contributed by atoms with E-state index in [1.165, 1.54) is 0 Å². The first-order valence-electron chi connectivity index (χ1n) is 5.52. The molecule has 13 nitrogen and oxygen atoms in total. The van der Waals surface area contributed by atoms with Crippen LogP contribution in [0.15, 0.2) is 0 Å². The molecule has 0 saturated carbocycles. The van der Waals surface area contributed by atoms with Gasteiger partial charge in [-0.1, -0.05) is 0 Å². The molecule has 13 heteroatoms. The molecule has 0 heterocycles. The monoisotopic (exact) mass is 323 g/mol. The highest BCUT2D eigenvalue weighted by molar-refractivity contribution is 5.86. The zero-order chi connectivity index (χ0) is 17.4. The second-order valence-corrected chi connectivity index (χ2v) is 3.70. The van der Waals surface area contributed by atoms with Crippen molar-refractivity contribution in [1.29, 1.82) is 0 Å². The topological polar surface area (TPSA) is 196 Å². The maximum atomic E-state index is 10.9. The van der Waals surface area contributed by atoms with Crippen LogP contribution in [0.1, 0.15) is 0 Å². The normalized spacial score (nSPS) is 9.64. The number of hydrogen-bond donors (Lipinski definition) is 5. The summed E-state index contributed by atoms with van der Waals surface area (Å²) in [6, 6.07) is 0. The maximum Gasteiger partial charge on any atom is 0.416 e. The first kappa shape index (κ1) is 18.8. The third-order valence-corrected chi connectivity index (χ3v) is 2.38. The van der Waals surface area contributed by atoms with Crippen molar-refractivity contribution in [3.05, 3.63) is 0 Å². The fourth-order valence-corrected chi connectivity index (χ4v) is 1.29. The molecule has 0 atom stereocenters. The summed E-state index contributed by atoms with van der Waals surface area (Å²) < 4.78 is 0. The third kappa shape index (κ3) is 5.81. The van der Waals surface area contributed by atoms with Crippen molar-refractivity contribution in [1.82, 2.24) is 14.7 Å². The maximum absolute atomic E-state index is 10.9. The summed E-state index contributed by atoms with van der Waals surface area (Å²) in [5.41, 5.74) is 0. The summed E-state index contributed by atoms with van der Waals surface area (Å²) in [5, 5.41) is 43.1. The van der Waals surface area contributed by atoms with Gasteiger partial charge < -0.3 is 30.4 Å². The minimum absolute atomic E-state index is 0.0674. The van der Waals surface area contributed by atoms with E-state index in [-0.39, 0.29) is 9.80 Å². The predicted molar refractivity (Wildman–Crippen MR) is 65.1 cm³/mol. The smallest absolute Gasteiger partial charge is 0.416 e. The minimum atomic E-state index is -1.81. The predicted octanol–water partition coefficient (Wildman–Crippen LogP) is 0.282. The Bertz CT molecular complexity index is 414. The van der Waals surface area contributed by atoms with E-state index in [0.717, 1.165) is 0 Å². The van der Waals surface area contributed by atoms with Crippen molar-refractivity contribution < 1.29 is 49.5 Å². The lowest BCUT2D eigenvalue weighted by atomic mass is 10.4. The van der Waals surface area contributed by atoms with Gasteiger partial charge in [-0.3, -0.25) is 0 Å². The number of carbonyl (C=O) groups is 5. The van der Waals surface area contributed by atoms with E-state index in [0.29, 0.717) is 4.90 Å². The lowest BCUT2D eigenvalue weighted by Gasteiger charge is -2.23. The third-order valence-electron chi connectivity index (χ3n) is 2.38. The van der Waals surface area contributed by atoms with Crippen LogP contribution in [0, 0.1) is 0 Å². The highest BCUT2D eigenvalue weighted by Crippen LogP contribution is 1.98. The molecule has 0 bridgehead atoms. The lowest BCUT2D eigenvalue weighted by molar-refractivity contribution is 0.102. The van der Waals surface area contributed by atoms with Crippen molar-refractivity contribution in [2.75, 3.05) is 26.2 Å². The van der Waals surface area contributed by atoms with Crippen LogP contribution in [0.4, 0.5) is 24.0 Å². The summed E-state index contributed by atoms with van der Waals surface area (Å²) >= 11 is 0. The van der Waals surface area contributed by atoms with Crippen LogP contribution < -0.4 is 0 Å². The van der Waals surface area contributed by atoms with E-state index in [4.69, 9.17) is 25.5 Å². The molecule has 0 aromatic heterocycles. The molecular formula is C9H13N3O10. The average molecular weight is 323 g/mol. The SMILES string of the molecule is O=C(O)N(CCN(C(=O)O)C(=O)O)CCN(C(=O)O)C(=O)O. The second kappa shape index (κ2) is 8.13. The largest absolute Gasteiger partial charge is 0.465 e. The molecule has 0 aliphatic rings. The minimum Gasteiger partial charge on any atom is -0.465 e. The van der Waals surface area contributed by atoms with Crippen LogP contribution in [0.3, 0.4) is 0 Å². The van der Waals surface area contributed by atoms with Crippen molar-refractivity contribution in [3.8, 4) is 0 Å². The average Bonchev–Trinajstić information content (AvgIpc) is 2.34. The molecule has 5 N–H and O–H groups in total. The molecule has 22 heavy (non-hydrogen) atoms. The van der Waals surface area contributed by atoms with Gasteiger partial charge in [0.2, 0.25) is 0 Å². The Morgan fingerprint density at radius 1 is 0.500 bits per heavy atom. The van der Waals surface area contributed by atoms with Gasteiger partial charge in [0.05, 0.1) is 13.1 Å². The molecule has 5 amide bonds. The second-order valence-electron chi connectivity index (χ2n) is 3.70. The highest BCUT2D eigenvalue weighted by Gasteiger charge is 2.24. The van der Waals surface area contributed by atoms with E-state index in [9.17, 15) is 24.0 Å². The van der Waals surface area contributed by atoms with E-state index in [2.05, 4.69) is 0 Å². The lowest BCUT2D eigenvalue weighted by Crippen LogP contribution is -2.46. The Hall–Kier alpha value is -3.25. The van der Waals surface area contributed by atoms with Crippen LogP contribution in [0.25, 0.3) is 0 Å². The molecule has 0 unspecified atom stereocenters. The fourth-order valence-electron chi connectivity index (χ4n) is 1.29. The van der Waals surface area contributed by atoms with Crippen molar-refractivity contribution in [3.63, 3.8) is 0 Å². The molecule has 0 aliphatic carbocycles. The number of amides is 5. The summed E-state index contributed by atoms with van der Waals surface area (Å²) in [5.74, 6) is 0. The Labute approximate surface area is 122 Å². The number of rotatable bonds is 6. The molecule has 0 saturated heterocycles. The molecule has 0 spiro atoms. The zero-order valence-electron chi connectivity index (χ0n) is 10.9. The molecule has 0 radical (unpaired) electrons. The van der Waals surface area contributed by atoms with Crippen molar-refractivity contribution in [2.45, 2.75) is 0 Å². The summed E-state index contributed by atoms with van der Waals surface area (Å²) in [7, 11) is 0. The van der Waals surface area contributed by atoms with Crippen molar-refractivity contribution in [2.24, 2.45) is 0 Å². The van der Waals surface area contributed by atoms with E-state index in [1.54, 1.807) is 0 Å². The first-order chi connectivity index (χ1) is 10.1. The van der Waals surface area contributed by atoms with Gasteiger partial charge in [-0.2, -0.15) is 0 Å². The Morgan fingerprint density at radius 2 is 0.773 bits per heavy atom. The molecule has 0 aliphatic heterocycles. The molecule has 0 rings (SSSR count). The van der Waals surface area contributed by atoms with Gasteiger partial charge in [0.25, 0.3) is 0 Å². The van der Waals surface area contributed by atoms with E-state index < -0.39 is 56.6 Å². The van der Waals surface area contributed by atoms with Crippen LogP contribution in [-0.2, 0) is 0 Å².